The quantitative estimate of drug-likeness (QED) is 0.280. The summed E-state index contributed by atoms with van der Waals surface area (Å²) in [5.41, 5.74) is 0.355. The lowest BCUT2D eigenvalue weighted by atomic mass is 9.83. The standard InChI is InChI=1S/C33H32F7N3O2/c1-20-6-2-10-26(34)28(20)31(45)43-17-4-9-25(30(44)41-24-8-3-7-23(18-24)32(35,36)37)29(43)22-14-12-21(13-15-22)19-42-16-5-11-27(42)33(38,39)40/h2-3,6-8,10,12-15,18,25,27,29H,4-5,9,11,16-17,19H2,1H3,(H,41,44)/t25?,27?,29-/m0/s1. The maximum absolute atomic E-state index is 14.9. The SMILES string of the molecule is Cc1cccc(F)c1C(=O)N1CCCC(C(=O)Nc2cccc(C(F)(F)F)c2)[C@@H]1c1ccc(CN2CCCC2C(F)(F)F)cc1. The van der Waals surface area contributed by atoms with Gasteiger partial charge in [-0.3, -0.25) is 14.5 Å². The summed E-state index contributed by atoms with van der Waals surface area (Å²) in [5.74, 6) is -2.89. The first kappa shape index (κ1) is 32.5. The number of nitrogens with one attached hydrogen (secondary N) is 1. The van der Waals surface area contributed by atoms with Gasteiger partial charge in [0.1, 0.15) is 11.9 Å². The average Bonchev–Trinajstić information content (AvgIpc) is 3.46. The maximum Gasteiger partial charge on any atom is 0.416 e. The number of amides is 2. The van der Waals surface area contributed by atoms with Crippen molar-refractivity contribution in [2.45, 2.75) is 63.6 Å². The van der Waals surface area contributed by atoms with E-state index >= 15 is 0 Å². The van der Waals surface area contributed by atoms with Gasteiger partial charge in [0.25, 0.3) is 5.91 Å². The normalized spacial score (nSPS) is 21.2. The molecule has 2 aliphatic heterocycles. The molecule has 0 aromatic heterocycles. The predicted octanol–water partition coefficient (Wildman–Crippen LogP) is 7.91. The zero-order chi connectivity index (χ0) is 32.5. The topological polar surface area (TPSA) is 52.7 Å². The summed E-state index contributed by atoms with van der Waals surface area (Å²) < 4.78 is 95.3. The molecule has 0 radical (unpaired) electrons. The van der Waals surface area contributed by atoms with Crippen LogP contribution in [-0.2, 0) is 17.5 Å². The van der Waals surface area contributed by atoms with Gasteiger partial charge in [-0.2, -0.15) is 26.3 Å². The predicted molar refractivity (Wildman–Crippen MR) is 154 cm³/mol. The first-order valence-electron chi connectivity index (χ1n) is 14.7. The van der Waals surface area contributed by atoms with Crippen LogP contribution in [0.2, 0.25) is 0 Å². The van der Waals surface area contributed by atoms with Crippen LogP contribution in [0, 0.1) is 18.7 Å². The number of piperidine rings is 1. The molecule has 240 valence electrons. The summed E-state index contributed by atoms with van der Waals surface area (Å²) in [6.45, 7) is 2.14. The van der Waals surface area contributed by atoms with Crippen LogP contribution in [0.3, 0.4) is 0 Å². The molecule has 2 saturated heterocycles. The van der Waals surface area contributed by atoms with E-state index in [1.807, 2.05) is 0 Å². The largest absolute Gasteiger partial charge is 0.416 e. The van der Waals surface area contributed by atoms with Crippen LogP contribution < -0.4 is 5.32 Å². The highest BCUT2D eigenvalue weighted by atomic mass is 19.4. The number of halogens is 7. The highest BCUT2D eigenvalue weighted by Crippen LogP contribution is 2.40. The van der Waals surface area contributed by atoms with Crippen molar-refractivity contribution in [1.29, 1.82) is 0 Å². The molecule has 2 unspecified atom stereocenters. The Labute approximate surface area is 256 Å². The second-order valence-electron chi connectivity index (χ2n) is 11.6. The second kappa shape index (κ2) is 12.8. The molecule has 2 fully saturated rings. The van der Waals surface area contributed by atoms with Crippen molar-refractivity contribution in [3.05, 3.63) is 100 Å². The third-order valence-corrected chi connectivity index (χ3v) is 8.57. The van der Waals surface area contributed by atoms with Gasteiger partial charge >= 0.3 is 12.4 Å². The molecule has 0 aliphatic carbocycles. The van der Waals surface area contributed by atoms with E-state index in [2.05, 4.69) is 5.32 Å². The monoisotopic (exact) mass is 635 g/mol. The smallest absolute Gasteiger partial charge is 0.331 e. The average molecular weight is 636 g/mol. The molecule has 3 aromatic rings. The summed E-state index contributed by atoms with van der Waals surface area (Å²) in [7, 11) is 0. The number of benzene rings is 3. The molecule has 2 heterocycles. The van der Waals surface area contributed by atoms with Crippen LogP contribution in [0.5, 0.6) is 0 Å². The highest BCUT2D eigenvalue weighted by molar-refractivity contribution is 5.98. The van der Waals surface area contributed by atoms with Gasteiger partial charge in [-0.15, -0.1) is 0 Å². The lowest BCUT2D eigenvalue weighted by molar-refractivity contribution is -0.177. The van der Waals surface area contributed by atoms with Crippen LogP contribution in [0.15, 0.2) is 66.7 Å². The van der Waals surface area contributed by atoms with Crippen molar-refractivity contribution < 1.29 is 40.3 Å². The number of nitrogens with zero attached hydrogens (tertiary/aromatic N) is 2. The Morgan fingerprint density at radius 2 is 1.58 bits per heavy atom. The van der Waals surface area contributed by atoms with Gasteiger partial charge in [-0.1, -0.05) is 42.5 Å². The van der Waals surface area contributed by atoms with Gasteiger partial charge in [-0.05, 0) is 80.1 Å². The molecule has 3 aromatic carbocycles. The number of aryl methyl sites for hydroxylation is 1. The molecule has 0 spiro atoms. The number of rotatable bonds is 6. The minimum Gasteiger partial charge on any atom is -0.331 e. The molecule has 2 amide bonds. The van der Waals surface area contributed by atoms with Gasteiger partial charge < -0.3 is 10.2 Å². The molecule has 5 rings (SSSR count). The van der Waals surface area contributed by atoms with E-state index in [-0.39, 0.29) is 37.2 Å². The zero-order valence-electron chi connectivity index (χ0n) is 24.4. The fourth-order valence-electron chi connectivity index (χ4n) is 6.41. The molecule has 12 heteroatoms. The number of alkyl halides is 6. The van der Waals surface area contributed by atoms with Crippen molar-refractivity contribution in [3.63, 3.8) is 0 Å². The van der Waals surface area contributed by atoms with Crippen molar-refractivity contribution in [3.8, 4) is 0 Å². The molecule has 0 saturated carbocycles. The number of likely N-dealkylation sites (tertiary alicyclic amines) is 2. The number of hydrogen-bond acceptors (Lipinski definition) is 3. The zero-order valence-corrected chi connectivity index (χ0v) is 24.4. The minimum absolute atomic E-state index is 0.0266. The molecule has 0 bridgehead atoms. The van der Waals surface area contributed by atoms with Gasteiger partial charge in [0.05, 0.1) is 23.1 Å². The van der Waals surface area contributed by atoms with E-state index in [0.29, 0.717) is 36.1 Å². The molecule has 3 atom stereocenters. The third kappa shape index (κ3) is 7.16. The summed E-state index contributed by atoms with van der Waals surface area (Å²) in [5, 5.41) is 2.56. The van der Waals surface area contributed by atoms with Gasteiger partial charge in [-0.25, -0.2) is 4.39 Å². The third-order valence-electron chi connectivity index (χ3n) is 8.57. The fraction of sp³-hybridized carbons (Fsp3) is 0.394. The molecular weight excluding hydrogens is 603 g/mol. The second-order valence-corrected chi connectivity index (χ2v) is 11.6. The summed E-state index contributed by atoms with van der Waals surface area (Å²) in [6.07, 6.45) is -7.84. The van der Waals surface area contributed by atoms with Gasteiger partial charge in [0.15, 0.2) is 0 Å². The van der Waals surface area contributed by atoms with Crippen molar-refractivity contribution in [2.24, 2.45) is 5.92 Å². The Morgan fingerprint density at radius 1 is 0.889 bits per heavy atom. The summed E-state index contributed by atoms with van der Waals surface area (Å²) in [4.78, 5) is 30.3. The van der Waals surface area contributed by atoms with E-state index < -0.39 is 53.5 Å². The Hall–Kier alpha value is -3.93. The minimum atomic E-state index is -4.62. The number of carbonyl (C=O) groups is 2. The van der Waals surface area contributed by atoms with Crippen LogP contribution in [-0.4, -0.2) is 46.9 Å². The highest BCUT2D eigenvalue weighted by Gasteiger charge is 2.46. The summed E-state index contributed by atoms with van der Waals surface area (Å²) >= 11 is 0. The summed E-state index contributed by atoms with van der Waals surface area (Å²) in [6, 6.07) is 12.6. The lowest BCUT2D eigenvalue weighted by Gasteiger charge is -2.41. The van der Waals surface area contributed by atoms with E-state index in [1.165, 1.54) is 34.1 Å². The molecule has 5 nitrogen and oxygen atoms in total. The van der Waals surface area contributed by atoms with Gasteiger partial charge in [0, 0.05) is 18.8 Å². The first-order valence-corrected chi connectivity index (χ1v) is 14.7. The van der Waals surface area contributed by atoms with E-state index in [0.717, 1.165) is 12.1 Å². The number of hydrogen-bond donors (Lipinski definition) is 1. The van der Waals surface area contributed by atoms with Crippen LogP contribution >= 0.6 is 0 Å². The van der Waals surface area contributed by atoms with E-state index in [1.54, 1.807) is 37.3 Å². The number of anilines is 1. The Bertz CT molecular complexity index is 1520. The Kier molecular flexibility index (Phi) is 9.25. The molecule has 1 N–H and O–H groups in total. The van der Waals surface area contributed by atoms with E-state index in [9.17, 15) is 40.3 Å². The molecule has 45 heavy (non-hydrogen) atoms. The van der Waals surface area contributed by atoms with Crippen molar-refractivity contribution >= 4 is 17.5 Å². The van der Waals surface area contributed by atoms with E-state index in [4.69, 9.17) is 0 Å². The first-order chi connectivity index (χ1) is 21.2. The lowest BCUT2D eigenvalue weighted by Crippen LogP contribution is -2.46. The van der Waals surface area contributed by atoms with Crippen LogP contribution in [0.1, 0.15) is 64.3 Å². The molecular formula is C33H32F7N3O2. The Morgan fingerprint density at radius 3 is 2.24 bits per heavy atom. The number of carbonyl (C=O) groups excluding carboxylic acids is 2. The van der Waals surface area contributed by atoms with Crippen molar-refractivity contribution in [2.75, 3.05) is 18.4 Å². The Balaban J connectivity index is 1.46. The van der Waals surface area contributed by atoms with Crippen LogP contribution in [0.4, 0.5) is 36.4 Å². The molecule has 2 aliphatic rings. The van der Waals surface area contributed by atoms with Gasteiger partial charge in [0.2, 0.25) is 5.91 Å². The fourth-order valence-corrected chi connectivity index (χ4v) is 6.41. The van der Waals surface area contributed by atoms with Crippen LogP contribution in [0.25, 0.3) is 0 Å². The van der Waals surface area contributed by atoms with Crippen molar-refractivity contribution in [1.82, 2.24) is 9.80 Å². The maximum atomic E-state index is 14.9.